The lowest BCUT2D eigenvalue weighted by atomic mass is 10.2. The molecule has 0 aliphatic carbocycles. The van der Waals surface area contributed by atoms with Gasteiger partial charge in [-0.15, -0.1) is 0 Å². The van der Waals surface area contributed by atoms with Crippen molar-refractivity contribution in [3.8, 4) is 0 Å². The summed E-state index contributed by atoms with van der Waals surface area (Å²) >= 11 is 0. The summed E-state index contributed by atoms with van der Waals surface area (Å²) in [7, 11) is 0. The lowest BCUT2D eigenvalue weighted by Gasteiger charge is -2.08. The minimum atomic E-state index is -0.349. The molecule has 0 aliphatic heterocycles. The zero-order chi connectivity index (χ0) is 15.8. The fraction of sp³-hybridized carbons (Fsp3) is 0.125. The van der Waals surface area contributed by atoms with E-state index in [2.05, 4.69) is 16.1 Å². The highest BCUT2D eigenvalue weighted by Gasteiger charge is 2.06. The van der Waals surface area contributed by atoms with Crippen molar-refractivity contribution in [3.05, 3.63) is 60.2 Å². The van der Waals surface area contributed by atoms with Crippen molar-refractivity contribution in [2.45, 2.75) is 6.92 Å². The van der Waals surface area contributed by atoms with E-state index < -0.39 is 0 Å². The van der Waals surface area contributed by atoms with Gasteiger partial charge in [-0.05, 0) is 43.3 Å². The first-order chi connectivity index (χ1) is 10.7. The number of hydroxylamine groups is 1. The van der Waals surface area contributed by atoms with Crippen molar-refractivity contribution in [2.75, 3.05) is 17.2 Å². The number of carbonyl (C=O) groups excluding carboxylic acids is 2. The topological polar surface area (TPSA) is 79.5 Å². The highest BCUT2D eigenvalue weighted by molar-refractivity contribution is 6.00. The summed E-state index contributed by atoms with van der Waals surface area (Å²) in [5.41, 5.74) is 4.04. The predicted octanol–water partition coefficient (Wildman–Crippen LogP) is 3.01. The van der Waals surface area contributed by atoms with Gasteiger partial charge in [0.2, 0.25) is 0 Å². The van der Waals surface area contributed by atoms with E-state index in [1.165, 1.54) is 0 Å². The van der Waals surface area contributed by atoms with Crippen LogP contribution in [-0.2, 0) is 4.84 Å². The third-order valence-electron chi connectivity index (χ3n) is 2.75. The number of carbonyl (C=O) groups is 2. The van der Waals surface area contributed by atoms with Crippen LogP contribution in [0.25, 0.3) is 0 Å². The van der Waals surface area contributed by atoms with Gasteiger partial charge >= 0.3 is 6.03 Å². The third kappa shape index (κ3) is 4.60. The number of hydrogen-bond donors (Lipinski definition) is 3. The van der Waals surface area contributed by atoms with Crippen LogP contribution in [-0.4, -0.2) is 18.5 Å². The first-order valence-corrected chi connectivity index (χ1v) is 6.84. The average molecular weight is 299 g/mol. The van der Waals surface area contributed by atoms with E-state index in [1.54, 1.807) is 43.3 Å². The highest BCUT2D eigenvalue weighted by atomic mass is 16.6. The van der Waals surface area contributed by atoms with Crippen molar-refractivity contribution < 1.29 is 14.4 Å². The Morgan fingerprint density at radius 1 is 0.909 bits per heavy atom. The van der Waals surface area contributed by atoms with Crippen LogP contribution in [0.15, 0.2) is 54.6 Å². The molecule has 3 amide bonds. The maximum atomic E-state index is 11.8. The van der Waals surface area contributed by atoms with Gasteiger partial charge in [0.1, 0.15) is 0 Å². The van der Waals surface area contributed by atoms with Crippen molar-refractivity contribution in [1.29, 1.82) is 0 Å². The van der Waals surface area contributed by atoms with E-state index in [9.17, 15) is 9.59 Å². The summed E-state index contributed by atoms with van der Waals surface area (Å²) < 4.78 is 0. The molecule has 0 aromatic heterocycles. The Kier molecular flexibility index (Phi) is 5.50. The summed E-state index contributed by atoms with van der Waals surface area (Å²) in [4.78, 5) is 28.3. The Labute approximate surface area is 128 Å². The SMILES string of the molecule is CCONC(=O)c1ccc(NC(=O)Nc2ccccc2)cc1. The van der Waals surface area contributed by atoms with Crippen LogP contribution in [0.1, 0.15) is 17.3 Å². The summed E-state index contributed by atoms with van der Waals surface area (Å²) in [6, 6.07) is 15.3. The van der Waals surface area contributed by atoms with Crippen molar-refractivity contribution in [2.24, 2.45) is 0 Å². The van der Waals surface area contributed by atoms with Crippen LogP contribution in [0.4, 0.5) is 16.2 Å². The Hall–Kier alpha value is -2.86. The van der Waals surface area contributed by atoms with Gasteiger partial charge in [0.05, 0.1) is 6.61 Å². The molecule has 6 heteroatoms. The Morgan fingerprint density at radius 3 is 2.09 bits per heavy atom. The molecule has 0 saturated carbocycles. The van der Waals surface area contributed by atoms with E-state index in [-0.39, 0.29) is 11.9 Å². The van der Waals surface area contributed by atoms with Crippen molar-refractivity contribution in [1.82, 2.24) is 5.48 Å². The van der Waals surface area contributed by atoms with Gasteiger partial charge in [-0.2, -0.15) is 0 Å². The van der Waals surface area contributed by atoms with E-state index in [0.717, 1.165) is 0 Å². The van der Waals surface area contributed by atoms with Gasteiger partial charge in [-0.1, -0.05) is 18.2 Å². The number of para-hydroxylation sites is 1. The molecule has 114 valence electrons. The second-order valence-electron chi connectivity index (χ2n) is 4.39. The van der Waals surface area contributed by atoms with Crippen molar-refractivity contribution >= 4 is 23.3 Å². The van der Waals surface area contributed by atoms with Crippen LogP contribution in [0.3, 0.4) is 0 Å². The van der Waals surface area contributed by atoms with E-state index >= 15 is 0 Å². The number of rotatable bonds is 5. The molecule has 22 heavy (non-hydrogen) atoms. The van der Waals surface area contributed by atoms with Gasteiger partial charge in [0.25, 0.3) is 5.91 Å². The molecule has 3 N–H and O–H groups in total. The van der Waals surface area contributed by atoms with Gasteiger partial charge in [-0.3, -0.25) is 9.63 Å². The number of nitrogens with one attached hydrogen (secondary N) is 3. The van der Waals surface area contributed by atoms with Crippen LogP contribution in [0.2, 0.25) is 0 Å². The molecular formula is C16H17N3O3. The molecule has 0 fully saturated rings. The quantitative estimate of drug-likeness (QED) is 0.742. The van der Waals surface area contributed by atoms with E-state index in [1.807, 2.05) is 18.2 Å². The smallest absolute Gasteiger partial charge is 0.308 e. The number of amides is 3. The maximum absolute atomic E-state index is 11.8. The van der Waals surface area contributed by atoms with E-state index in [4.69, 9.17) is 4.84 Å². The first kappa shape index (κ1) is 15.5. The highest BCUT2D eigenvalue weighted by Crippen LogP contribution is 2.11. The van der Waals surface area contributed by atoms with Gasteiger partial charge in [0, 0.05) is 16.9 Å². The fourth-order valence-corrected chi connectivity index (χ4v) is 1.72. The second kappa shape index (κ2) is 7.80. The lowest BCUT2D eigenvalue weighted by molar-refractivity contribution is 0.0364. The standard InChI is InChI=1S/C16H17N3O3/c1-2-22-19-15(20)12-8-10-14(11-9-12)18-16(21)17-13-6-4-3-5-7-13/h3-11H,2H2,1H3,(H,19,20)(H2,17,18,21). The number of urea groups is 1. The van der Waals surface area contributed by atoms with E-state index in [0.29, 0.717) is 23.5 Å². The minimum Gasteiger partial charge on any atom is -0.308 e. The summed E-state index contributed by atoms with van der Waals surface area (Å²) in [6.07, 6.45) is 0. The molecule has 0 radical (unpaired) electrons. The molecule has 0 aliphatic rings. The molecule has 0 atom stereocenters. The fourth-order valence-electron chi connectivity index (χ4n) is 1.72. The minimum absolute atomic E-state index is 0.331. The second-order valence-corrected chi connectivity index (χ2v) is 4.39. The summed E-state index contributed by atoms with van der Waals surface area (Å²) in [6.45, 7) is 2.17. The molecule has 0 heterocycles. The lowest BCUT2D eigenvalue weighted by Crippen LogP contribution is -2.23. The molecule has 0 unspecified atom stereocenters. The van der Waals surface area contributed by atoms with Crippen LogP contribution < -0.4 is 16.1 Å². The van der Waals surface area contributed by atoms with Crippen LogP contribution in [0.5, 0.6) is 0 Å². The third-order valence-corrected chi connectivity index (χ3v) is 2.75. The molecule has 0 bridgehead atoms. The number of benzene rings is 2. The number of anilines is 2. The summed E-state index contributed by atoms with van der Waals surface area (Å²) in [5, 5.41) is 5.39. The molecule has 0 spiro atoms. The molecule has 2 rings (SSSR count). The van der Waals surface area contributed by atoms with Crippen molar-refractivity contribution in [3.63, 3.8) is 0 Å². The number of hydrogen-bond acceptors (Lipinski definition) is 3. The van der Waals surface area contributed by atoms with Gasteiger partial charge in [-0.25, -0.2) is 10.3 Å². The normalized spacial score (nSPS) is 9.86. The zero-order valence-corrected chi connectivity index (χ0v) is 12.1. The van der Waals surface area contributed by atoms with Crippen LogP contribution in [0, 0.1) is 0 Å². The predicted molar refractivity (Wildman–Crippen MR) is 84.6 cm³/mol. The first-order valence-electron chi connectivity index (χ1n) is 6.84. The van der Waals surface area contributed by atoms with Gasteiger partial charge < -0.3 is 10.6 Å². The molecule has 2 aromatic rings. The Morgan fingerprint density at radius 2 is 1.50 bits per heavy atom. The molecule has 0 saturated heterocycles. The zero-order valence-electron chi connectivity index (χ0n) is 12.1. The Bertz CT molecular complexity index is 627. The Balaban J connectivity index is 1.90. The van der Waals surface area contributed by atoms with Gasteiger partial charge in [0.15, 0.2) is 0 Å². The molecule has 2 aromatic carbocycles. The monoisotopic (exact) mass is 299 g/mol. The summed E-state index contributed by atoms with van der Waals surface area (Å²) in [5.74, 6) is -0.331. The van der Waals surface area contributed by atoms with Crippen LogP contribution >= 0.6 is 0 Å². The molecular weight excluding hydrogens is 282 g/mol. The maximum Gasteiger partial charge on any atom is 0.323 e. The largest absolute Gasteiger partial charge is 0.323 e. The average Bonchev–Trinajstić information content (AvgIpc) is 2.54. The molecule has 6 nitrogen and oxygen atoms in total.